The summed E-state index contributed by atoms with van der Waals surface area (Å²) in [4.78, 5) is 23.5. The van der Waals surface area contributed by atoms with Crippen molar-refractivity contribution < 1.29 is 13.9 Å². The Morgan fingerprint density at radius 2 is 1.96 bits per heavy atom. The summed E-state index contributed by atoms with van der Waals surface area (Å²) in [7, 11) is 0. The number of aryl methyl sites for hydroxylation is 1. The fourth-order valence-corrected chi connectivity index (χ4v) is 2.54. The first-order valence-electron chi connectivity index (χ1n) is 7.98. The van der Waals surface area contributed by atoms with Crippen LogP contribution in [0.15, 0.2) is 57.7 Å². The molecular weight excluding hydrogens is 332 g/mol. The van der Waals surface area contributed by atoms with E-state index in [9.17, 15) is 9.59 Å². The Kier molecular flexibility index (Phi) is 4.99. The standard InChI is InChI=1S/C20H16N2O4/c1-13-10-20(24)26-18-11-16(6-7-17(13)18)25-12-19(23)22-15-4-2-14(3-5-15)8-9-21/h2-7,10-11H,8,12H2,1H3,(H,22,23). The van der Waals surface area contributed by atoms with E-state index in [-0.39, 0.29) is 12.5 Å². The molecule has 3 rings (SSSR count). The van der Waals surface area contributed by atoms with Crippen molar-refractivity contribution in [1.29, 1.82) is 5.26 Å². The Morgan fingerprint density at radius 3 is 2.69 bits per heavy atom. The number of rotatable bonds is 5. The van der Waals surface area contributed by atoms with Crippen LogP contribution in [0.1, 0.15) is 11.1 Å². The largest absolute Gasteiger partial charge is 0.484 e. The van der Waals surface area contributed by atoms with E-state index >= 15 is 0 Å². The van der Waals surface area contributed by atoms with Crippen molar-refractivity contribution in [3.63, 3.8) is 0 Å². The lowest BCUT2D eigenvalue weighted by molar-refractivity contribution is -0.118. The van der Waals surface area contributed by atoms with E-state index in [0.717, 1.165) is 16.5 Å². The molecule has 0 radical (unpaired) electrons. The normalized spacial score (nSPS) is 10.3. The number of ether oxygens (including phenoxy) is 1. The predicted molar refractivity (Wildman–Crippen MR) is 97.1 cm³/mol. The molecule has 6 heteroatoms. The van der Waals surface area contributed by atoms with Crippen molar-refractivity contribution in [1.82, 2.24) is 0 Å². The van der Waals surface area contributed by atoms with E-state index in [4.69, 9.17) is 14.4 Å². The molecule has 3 aromatic rings. The molecule has 6 nitrogen and oxygen atoms in total. The van der Waals surface area contributed by atoms with Crippen LogP contribution in [0.2, 0.25) is 0 Å². The number of benzene rings is 2. The first-order chi connectivity index (χ1) is 12.5. The fraction of sp³-hybridized carbons (Fsp3) is 0.150. The van der Waals surface area contributed by atoms with Crippen molar-refractivity contribution in [2.24, 2.45) is 0 Å². The summed E-state index contributed by atoms with van der Waals surface area (Å²) >= 11 is 0. The summed E-state index contributed by atoms with van der Waals surface area (Å²) in [6, 6.07) is 15.6. The average molecular weight is 348 g/mol. The van der Waals surface area contributed by atoms with E-state index in [1.807, 2.05) is 6.92 Å². The van der Waals surface area contributed by atoms with Gasteiger partial charge in [-0.15, -0.1) is 0 Å². The van der Waals surface area contributed by atoms with Crippen LogP contribution in [0.25, 0.3) is 11.0 Å². The third kappa shape index (κ3) is 4.08. The minimum Gasteiger partial charge on any atom is -0.484 e. The molecule has 0 saturated heterocycles. The van der Waals surface area contributed by atoms with Gasteiger partial charge in [-0.1, -0.05) is 12.1 Å². The first-order valence-corrected chi connectivity index (χ1v) is 7.98. The maximum atomic E-state index is 12.0. The summed E-state index contributed by atoms with van der Waals surface area (Å²) in [5.41, 5.74) is 2.32. The van der Waals surface area contributed by atoms with Gasteiger partial charge in [-0.05, 0) is 42.3 Å². The lowest BCUT2D eigenvalue weighted by Crippen LogP contribution is -2.20. The molecule has 1 aromatic heterocycles. The second-order valence-electron chi connectivity index (χ2n) is 5.78. The van der Waals surface area contributed by atoms with Crippen molar-refractivity contribution in [3.05, 3.63) is 70.1 Å². The Bertz CT molecular complexity index is 1050. The van der Waals surface area contributed by atoms with Crippen LogP contribution in [0.4, 0.5) is 5.69 Å². The summed E-state index contributed by atoms with van der Waals surface area (Å²) in [6.07, 6.45) is 0.328. The Hall–Kier alpha value is -3.59. The molecule has 0 aliphatic carbocycles. The minimum atomic E-state index is -0.426. The molecule has 1 N–H and O–H groups in total. The van der Waals surface area contributed by atoms with Crippen LogP contribution in [-0.4, -0.2) is 12.5 Å². The van der Waals surface area contributed by atoms with Gasteiger partial charge in [-0.3, -0.25) is 4.79 Å². The Balaban J connectivity index is 1.63. The number of nitrogens with zero attached hydrogens (tertiary/aromatic N) is 1. The maximum Gasteiger partial charge on any atom is 0.336 e. The highest BCUT2D eigenvalue weighted by atomic mass is 16.5. The van der Waals surface area contributed by atoms with E-state index in [1.165, 1.54) is 6.07 Å². The topological polar surface area (TPSA) is 92.3 Å². The molecule has 1 heterocycles. The van der Waals surface area contributed by atoms with Gasteiger partial charge in [0, 0.05) is 23.2 Å². The number of anilines is 1. The minimum absolute atomic E-state index is 0.179. The van der Waals surface area contributed by atoms with Gasteiger partial charge in [-0.25, -0.2) is 4.79 Å². The van der Waals surface area contributed by atoms with Crippen LogP contribution >= 0.6 is 0 Å². The molecule has 0 saturated carbocycles. The summed E-state index contributed by atoms with van der Waals surface area (Å²) < 4.78 is 10.6. The number of amides is 1. The van der Waals surface area contributed by atoms with Gasteiger partial charge in [0.2, 0.25) is 0 Å². The van der Waals surface area contributed by atoms with E-state index in [0.29, 0.717) is 23.4 Å². The monoisotopic (exact) mass is 348 g/mol. The van der Waals surface area contributed by atoms with Crippen LogP contribution in [0.5, 0.6) is 5.75 Å². The van der Waals surface area contributed by atoms with Gasteiger partial charge in [0.15, 0.2) is 6.61 Å². The molecule has 1 amide bonds. The zero-order valence-electron chi connectivity index (χ0n) is 14.1. The maximum absolute atomic E-state index is 12.0. The van der Waals surface area contributed by atoms with Crippen LogP contribution < -0.4 is 15.7 Å². The molecule has 0 fully saturated rings. The van der Waals surface area contributed by atoms with Crippen molar-refractivity contribution in [3.8, 4) is 11.8 Å². The van der Waals surface area contributed by atoms with E-state index in [2.05, 4.69) is 11.4 Å². The third-order valence-electron chi connectivity index (χ3n) is 3.81. The summed E-state index contributed by atoms with van der Waals surface area (Å²) in [5.74, 6) is 0.120. The van der Waals surface area contributed by atoms with E-state index < -0.39 is 5.63 Å². The van der Waals surface area contributed by atoms with E-state index in [1.54, 1.807) is 42.5 Å². The van der Waals surface area contributed by atoms with Crippen LogP contribution in [-0.2, 0) is 11.2 Å². The van der Waals surface area contributed by atoms with Gasteiger partial charge in [0.05, 0.1) is 12.5 Å². The molecule has 26 heavy (non-hydrogen) atoms. The fourth-order valence-electron chi connectivity index (χ4n) is 2.54. The zero-order chi connectivity index (χ0) is 18.5. The highest BCUT2D eigenvalue weighted by Gasteiger charge is 2.07. The number of hydrogen-bond donors (Lipinski definition) is 1. The molecule has 0 aliphatic rings. The molecule has 130 valence electrons. The highest BCUT2D eigenvalue weighted by Crippen LogP contribution is 2.22. The highest BCUT2D eigenvalue weighted by molar-refractivity contribution is 5.92. The molecule has 0 spiro atoms. The quantitative estimate of drug-likeness (QED) is 0.715. The smallest absolute Gasteiger partial charge is 0.336 e. The summed E-state index contributed by atoms with van der Waals surface area (Å²) in [6.45, 7) is 1.65. The zero-order valence-corrected chi connectivity index (χ0v) is 14.1. The van der Waals surface area contributed by atoms with Crippen LogP contribution in [0, 0.1) is 18.3 Å². The second kappa shape index (κ2) is 7.53. The molecule has 0 bridgehead atoms. The number of carbonyl (C=O) groups excluding carboxylic acids is 1. The molecule has 2 aromatic carbocycles. The lowest BCUT2D eigenvalue weighted by atomic mass is 10.1. The van der Waals surface area contributed by atoms with Gasteiger partial charge in [0.25, 0.3) is 5.91 Å². The van der Waals surface area contributed by atoms with Crippen LogP contribution in [0.3, 0.4) is 0 Å². The molecule has 0 atom stereocenters. The number of carbonyl (C=O) groups is 1. The van der Waals surface area contributed by atoms with Gasteiger partial charge >= 0.3 is 5.63 Å². The second-order valence-corrected chi connectivity index (χ2v) is 5.78. The summed E-state index contributed by atoms with van der Waals surface area (Å²) in [5, 5.41) is 12.2. The molecule has 0 aliphatic heterocycles. The number of nitrogens with one attached hydrogen (secondary N) is 1. The van der Waals surface area contributed by atoms with Gasteiger partial charge in [-0.2, -0.15) is 5.26 Å². The SMILES string of the molecule is Cc1cc(=O)oc2cc(OCC(=O)Nc3ccc(CC#N)cc3)ccc12. The number of hydrogen-bond acceptors (Lipinski definition) is 5. The van der Waals surface area contributed by atoms with Gasteiger partial charge in [0.1, 0.15) is 11.3 Å². The van der Waals surface area contributed by atoms with Crippen molar-refractivity contribution in [2.75, 3.05) is 11.9 Å². The Labute approximate surface area is 149 Å². The number of fused-ring (bicyclic) bond motifs is 1. The average Bonchev–Trinajstić information content (AvgIpc) is 2.61. The van der Waals surface area contributed by atoms with Gasteiger partial charge < -0.3 is 14.5 Å². The lowest BCUT2D eigenvalue weighted by Gasteiger charge is -2.09. The van der Waals surface area contributed by atoms with Crippen molar-refractivity contribution >= 4 is 22.6 Å². The third-order valence-corrected chi connectivity index (χ3v) is 3.81. The first kappa shape index (κ1) is 17.2. The Morgan fingerprint density at radius 1 is 1.19 bits per heavy atom. The number of nitriles is 1. The molecular formula is C20H16N2O4. The predicted octanol–water partition coefficient (Wildman–Crippen LogP) is 3.19. The molecule has 0 unspecified atom stereocenters. The van der Waals surface area contributed by atoms with Crippen molar-refractivity contribution in [2.45, 2.75) is 13.3 Å².